The zero-order valence-corrected chi connectivity index (χ0v) is 15.8. The Labute approximate surface area is 157 Å². The van der Waals surface area contributed by atoms with Gasteiger partial charge in [-0.05, 0) is 61.8 Å². The lowest BCUT2D eigenvalue weighted by Crippen LogP contribution is -2.44. The van der Waals surface area contributed by atoms with Crippen LogP contribution in [0.5, 0.6) is 0 Å². The van der Waals surface area contributed by atoms with Gasteiger partial charge in [-0.3, -0.25) is 9.59 Å². The molecule has 6 heteroatoms. The monoisotopic (exact) mass is 376 g/mol. The molecule has 0 aromatic heterocycles. The van der Waals surface area contributed by atoms with Crippen LogP contribution in [0, 0.1) is 6.92 Å². The Morgan fingerprint density at radius 2 is 1.88 bits per heavy atom. The SMILES string of the molecule is CSCCC(NC(=O)c1cccc(C)c1)C(=O)Nc1ccc(Cl)cc1. The maximum atomic E-state index is 12.6. The molecule has 1 unspecified atom stereocenters. The third-order valence-electron chi connectivity index (χ3n) is 3.62. The smallest absolute Gasteiger partial charge is 0.251 e. The molecule has 132 valence electrons. The Morgan fingerprint density at radius 1 is 1.16 bits per heavy atom. The summed E-state index contributed by atoms with van der Waals surface area (Å²) in [5, 5.41) is 6.26. The number of thioether (sulfide) groups is 1. The summed E-state index contributed by atoms with van der Waals surface area (Å²) in [4.78, 5) is 25.0. The summed E-state index contributed by atoms with van der Waals surface area (Å²) in [6, 6.07) is 13.6. The lowest BCUT2D eigenvalue weighted by atomic mass is 10.1. The van der Waals surface area contributed by atoms with E-state index in [2.05, 4.69) is 10.6 Å². The summed E-state index contributed by atoms with van der Waals surface area (Å²) in [6.07, 6.45) is 2.52. The fourth-order valence-electron chi connectivity index (χ4n) is 2.29. The lowest BCUT2D eigenvalue weighted by Gasteiger charge is -2.18. The molecular weight excluding hydrogens is 356 g/mol. The maximum absolute atomic E-state index is 12.6. The first-order valence-corrected chi connectivity index (χ1v) is 9.69. The van der Waals surface area contributed by atoms with Crippen LogP contribution in [0.25, 0.3) is 0 Å². The number of halogens is 1. The van der Waals surface area contributed by atoms with Gasteiger partial charge in [-0.25, -0.2) is 0 Å². The lowest BCUT2D eigenvalue weighted by molar-refractivity contribution is -0.118. The molecular formula is C19H21ClN2O2S. The van der Waals surface area contributed by atoms with Gasteiger partial charge in [0.15, 0.2) is 0 Å². The number of benzene rings is 2. The predicted octanol–water partition coefficient (Wildman–Crippen LogP) is 4.14. The van der Waals surface area contributed by atoms with Crippen molar-refractivity contribution in [3.8, 4) is 0 Å². The van der Waals surface area contributed by atoms with Gasteiger partial charge >= 0.3 is 0 Å². The Balaban J connectivity index is 2.07. The number of aryl methyl sites for hydroxylation is 1. The highest BCUT2D eigenvalue weighted by atomic mass is 35.5. The van der Waals surface area contributed by atoms with Crippen LogP contribution in [-0.2, 0) is 4.79 Å². The summed E-state index contributed by atoms with van der Waals surface area (Å²) in [5.41, 5.74) is 2.20. The standard InChI is InChI=1S/C19H21ClN2O2S/c1-13-4-3-5-14(12-13)18(23)22-17(10-11-25-2)19(24)21-16-8-6-15(20)7-9-16/h3-9,12,17H,10-11H2,1-2H3,(H,21,24)(H,22,23). The van der Waals surface area contributed by atoms with Crippen LogP contribution in [0.2, 0.25) is 5.02 Å². The summed E-state index contributed by atoms with van der Waals surface area (Å²) in [6.45, 7) is 1.93. The van der Waals surface area contributed by atoms with Gasteiger partial charge in [0.05, 0.1) is 0 Å². The number of hydrogen-bond donors (Lipinski definition) is 2. The van der Waals surface area contributed by atoms with Gasteiger partial charge in [0.25, 0.3) is 5.91 Å². The van der Waals surface area contributed by atoms with E-state index < -0.39 is 6.04 Å². The van der Waals surface area contributed by atoms with Crippen molar-refractivity contribution in [1.82, 2.24) is 5.32 Å². The van der Waals surface area contributed by atoms with Crippen molar-refractivity contribution in [1.29, 1.82) is 0 Å². The first-order chi connectivity index (χ1) is 12.0. The molecule has 0 aliphatic rings. The Hall–Kier alpha value is -1.98. The van der Waals surface area contributed by atoms with Gasteiger partial charge in [-0.1, -0.05) is 29.3 Å². The van der Waals surface area contributed by atoms with Gasteiger partial charge in [0.1, 0.15) is 6.04 Å². The molecule has 0 spiro atoms. The van der Waals surface area contributed by atoms with E-state index in [-0.39, 0.29) is 11.8 Å². The van der Waals surface area contributed by atoms with Crippen molar-refractivity contribution < 1.29 is 9.59 Å². The van der Waals surface area contributed by atoms with Crippen LogP contribution in [-0.4, -0.2) is 29.9 Å². The largest absolute Gasteiger partial charge is 0.340 e. The average molecular weight is 377 g/mol. The molecule has 2 aromatic carbocycles. The van der Waals surface area contributed by atoms with Crippen molar-refractivity contribution in [3.63, 3.8) is 0 Å². The molecule has 0 heterocycles. The average Bonchev–Trinajstić information content (AvgIpc) is 2.60. The fraction of sp³-hybridized carbons (Fsp3) is 0.263. The minimum atomic E-state index is -0.601. The molecule has 0 aliphatic heterocycles. The van der Waals surface area contributed by atoms with E-state index in [4.69, 9.17) is 11.6 Å². The fourth-order valence-corrected chi connectivity index (χ4v) is 2.89. The molecule has 4 nitrogen and oxygen atoms in total. The van der Waals surface area contributed by atoms with Crippen LogP contribution in [0.4, 0.5) is 5.69 Å². The van der Waals surface area contributed by atoms with Gasteiger partial charge in [0, 0.05) is 16.3 Å². The number of rotatable bonds is 7. The van der Waals surface area contributed by atoms with Gasteiger partial charge in [0.2, 0.25) is 5.91 Å². The maximum Gasteiger partial charge on any atom is 0.251 e. The van der Waals surface area contributed by atoms with Crippen LogP contribution in [0.1, 0.15) is 22.3 Å². The van der Waals surface area contributed by atoms with E-state index in [9.17, 15) is 9.59 Å². The first-order valence-electron chi connectivity index (χ1n) is 7.92. The molecule has 2 rings (SSSR count). The number of carbonyl (C=O) groups is 2. The molecule has 2 aromatic rings. The molecule has 0 fully saturated rings. The number of anilines is 1. The minimum absolute atomic E-state index is 0.239. The zero-order valence-electron chi connectivity index (χ0n) is 14.2. The normalized spacial score (nSPS) is 11.6. The Kier molecular flexibility index (Phi) is 7.34. The second-order valence-corrected chi connectivity index (χ2v) is 7.10. The highest BCUT2D eigenvalue weighted by Crippen LogP contribution is 2.14. The number of carbonyl (C=O) groups excluding carboxylic acids is 2. The number of amides is 2. The molecule has 2 amide bonds. The van der Waals surface area contributed by atoms with Crippen molar-refractivity contribution in [3.05, 3.63) is 64.7 Å². The molecule has 0 bridgehead atoms. The van der Waals surface area contributed by atoms with Crippen LogP contribution < -0.4 is 10.6 Å². The molecule has 1 atom stereocenters. The minimum Gasteiger partial charge on any atom is -0.340 e. The van der Waals surface area contributed by atoms with Gasteiger partial charge in [-0.15, -0.1) is 0 Å². The van der Waals surface area contributed by atoms with E-state index in [1.807, 2.05) is 25.3 Å². The third-order valence-corrected chi connectivity index (χ3v) is 4.52. The van der Waals surface area contributed by atoms with E-state index in [1.54, 1.807) is 48.2 Å². The molecule has 0 aliphatic carbocycles. The number of nitrogens with one attached hydrogen (secondary N) is 2. The summed E-state index contributed by atoms with van der Waals surface area (Å²) < 4.78 is 0. The highest BCUT2D eigenvalue weighted by molar-refractivity contribution is 7.98. The Morgan fingerprint density at radius 3 is 2.52 bits per heavy atom. The third kappa shape index (κ3) is 6.11. The van der Waals surface area contributed by atoms with Crippen LogP contribution in [0.15, 0.2) is 48.5 Å². The quantitative estimate of drug-likeness (QED) is 0.763. The first kappa shape index (κ1) is 19.3. The van der Waals surface area contributed by atoms with Gasteiger partial charge < -0.3 is 10.6 Å². The Bertz CT molecular complexity index is 734. The number of hydrogen-bond acceptors (Lipinski definition) is 3. The van der Waals surface area contributed by atoms with Gasteiger partial charge in [-0.2, -0.15) is 11.8 Å². The van der Waals surface area contributed by atoms with E-state index >= 15 is 0 Å². The van der Waals surface area contributed by atoms with Crippen molar-refractivity contribution in [2.75, 3.05) is 17.3 Å². The molecule has 2 N–H and O–H groups in total. The molecule has 0 saturated heterocycles. The van der Waals surface area contributed by atoms with Crippen LogP contribution >= 0.6 is 23.4 Å². The molecule has 25 heavy (non-hydrogen) atoms. The highest BCUT2D eigenvalue weighted by Gasteiger charge is 2.21. The molecule has 0 saturated carbocycles. The summed E-state index contributed by atoms with van der Waals surface area (Å²) in [7, 11) is 0. The topological polar surface area (TPSA) is 58.2 Å². The molecule has 0 radical (unpaired) electrons. The predicted molar refractivity (Wildman–Crippen MR) is 106 cm³/mol. The zero-order chi connectivity index (χ0) is 18.2. The van der Waals surface area contributed by atoms with Crippen LogP contribution in [0.3, 0.4) is 0 Å². The summed E-state index contributed by atoms with van der Waals surface area (Å²) >= 11 is 7.49. The second kappa shape index (κ2) is 9.49. The van der Waals surface area contributed by atoms with E-state index in [0.29, 0.717) is 22.7 Å². The van der Waals surface area contributed by atoms with Crippen molar-refractivity contribution >= 4 is 40.9 Å². The van der Waals surface area contributed by atoms with Crippen molar-refractivity contribution in [2.24, 2.45) is 0 Å². The summed E-state index contributed by atoms with van der Waals surface area (Å²) in [5.74, 6) is 0.283. The second-order valence-electron chi connectivity index (χ2n) is 5.67. The van der Waals surface area contributed by atoms with E-state index in [1.165, 1.54) is 0 Å². The van der Waals surface area contributed by atoms with E-state index in [0.717, 1.165) is 11.3 Å². The van der Waals surface area contributed by atoms with Crippen molar-refractivity contribution in [2.45, 2.75) is 19.4 Å².